The average Bonchev–Trinajstić information content (AvgIpc) is 2.66. The van der Waals surface area contributed by atoms with Gasteiger partial charge in [-0.05, 0) is 7.05 Å². The highest BCUT2D eigenvalue weighted by Gasteiger charge is 2.21. The highest BCUT2D eigenvalue weighted by molar-refractivity contribution is 6.01. The summed E-state index contributed by atoms with van der Waals surface area (Å²) in [6.45, 7) is -0.134. The zero-order valence-corrected chi connectivity index (χ0v) is 8.38. The Balaban J connectivity index is 2.63. The van der Waals surface area contributed by atoms with Crippen molar-refractivity contribution in [1.29, 1.82) is 0 Å². The van der Waals surface area contributed by atoms with Crippen LogP contribution < -0.4 is 5.32 Å². The standard InChI is InChI=1S/C10H8F2N2O2/c1-13-4-7(15)9-6(11)2-8-5(10(9)12)3-14-16-8/h2-3,13H,4H2,1H3. The van der Waals surface area contributed by atoms with Crippen LogP contribution >= 0.6 is 0 Å². The van der Waals surface area contributed by atoms with Gasteiger partial charge in [-0.15, -0.1) is 0 Å². The second kappa shape index (κ2) is 3.97. The summed E-state index contributed by atoms with van der Waals surface area (Å²) in [5, 5.41) is 5.88. The van der Waals surface area contributed by atoms with E-state index in [1.165, 1.54) is 7.05 Å². The maximum atomic E-state index is 13.7. The van der Waals surface area contributed by atoms with Crippen molar-refractivity contribution < 1.29 is 18.1 Å². The maximum absolute atomic E-state index is 13.7. The van der Waals surface area contributed by atoms with Gasteiger partial charge in [0, 0.05) is 6.07 Å². The number of hydrogen-bond donors (Lipinski definition) is 1. The molecule has 6 heteroatoms. The first-order valence-electron chi connectivity index (χ1n) is 4.55. The minimum atomic E-state index is -0.943. The van der Waals surface area contributed by atoms with E-state index in [9.17, 15) is 13.6 Å². The molecular weight excluding hydrogens is 218 g/mol. The third-order valence-corrected chi connectivity index (χ3v) is 2.17. The first kappa shape index (κ1) is 10.7. The highest BCUT2D eigenvalue weighted by atomic mass is 19.1. The molecule has 1 heterocycles. The predicted molar refractivity (Wildman–Crippen MR) is 52.2 cm³/mol. The Morgan fingerprint density at radius 3 is 3.00 bits per heavy atom. The summed E-state index contributed by atoms with van der Waals surface area (Å²) in [4.78, 5) is 11.5. The number of carbonyl (C=O) groups is 1. The smallest absolute Gasteiger partial charge is 0.182 e. The third-order valence-electron chi connectivity index (χ3n) is 2.17. The van der Waals surface area contributed by atoms with E-state index in [4.69, 9.17) is 0 Å². The van der Waals surface area contributed by atoms with Crippen molar-refractivity contribution in [2.75, 3.05) is 13.6 Å². The lowest BCUT2D eigenvalue weighted by Gasteiger charge is -2.03. The fourth-order valence-electron chi connectivity index (χ4n) is 1.45. The number of aromatic nitrogens is 1. The van der Waals surface area contributed by atoms with E-state index in [0.29, 0.717) is 0 Å². The van der Waals surface area contributed by atoms with Gasteiger partial charge in [0.1, 0.15) is 11.6 Å². The number of nitrogens with one attached hydrogen (secondary N) is 1. The van der Waals surface area contributed by atoms with Gasteiger partial charge >= 0.3 is 0 Å². The van der Waals surface area contributed by atoms with Crippen molar-refractivity contribution in [3.05, 3.63) is 29.5 Å². The molecule has 2 aromatic rings. The molecule has 0 saturated heterocycles. The molecule has 0 aliphatic rings. The molecule has 16 heavy (non-hydrogen) atoms. The number of benzene rings is 1. The molecule has 0 radical (unpaired) electrons. The van der Waals surface area contributed by atoms with Gasteiger partial charge in [0.05, 0.1) is 23.7 Å². The molecule has 0 amide bonds. The van der Waals surface area contributed by atoms with E-state index in [1.807, 2.05) is 0 Å². The summed E-state index contributed by atoms with van der Waals surface area (Å²) in [6.07, 6.45) is 1.11. The Morgan fingerprint density at radius 1 is 1.56 bits per heavy atom. The Hall–Kier alpha value is -1.82. The summed E-state index contributed by atoms with van der Waals surface area (Å²) < 4.78 is 31.8. The SMILES string of the molecule is CNCC(=O)c1c(F)cc2oncc2c1F. The molecular formula is C10H8F2N2O2. The summed E-state index contributed by atoms with van der Waals surface area (Å²) in [5.41, 5.74) is -0.582. The molecule has 1 aromatic heterocycles. The second-order valence-corrected chi connectivity index (χ2v) is 3.24. The number of fused-ring (bicyclic) bond motifs is 1. The zero-order chi connectivity index (χ0) is 11.7. The number of hydrogen-bond acceptors (Lipinski definition) is 4. The zero-order valence-electron chi connectivity index (χ0n) is 8.38. The molecule has 0 aliphatic carbocycles. The molecule has 0 bridgehead atoms. The number of ketones is 1. The predicted octanol–water partition coefficient (Wildman–Crippen LogP) is 1.51. The molecule has 0 fully saturated rings. The molecule has 1 N–H and O–H groups in total. The minimum Gasteiger partial charge on any atom is -0.356 e. The Bertz CT molecular complexity index is 551. The van der Waals surface area contributed by atoms with Crippen LogP contribution in [-0.2, 0) is 0 Å². The van der Waals surface area contributed by atoms with E-state index in [-0.39, 0.29) is 17.5 Å². The largest absolute Gasteiger partial charge is 0.356 e. The first-order chi connectivity index (χ1) is 7.65. The van der Waals surface area contributed by atoms with Crippen LogP contribution in [-0.4, -0.2) is 24.5 Å². The van der Waals surface area contributed by atoms with Crippen molar-refractivity contribution in [3.8, 4) is 0 Å². The van der Waals surface area contributed by atoms with E-state index < -0.39 is 23.0 Å². The van der Waals surface area contributed by atoms with Crippen LogP contribution in [0.2, 0.25) is 0 Å². The molecule has 0 atom stereocenters. The molecule has 0 aliphatic heterocycles. The number of rotatable bonds is 3. The molecule has 0 unspecified atom stereocenters. The average molecular weight is 226 g/mol. The van der Waals surface area contributed by atoms with E-state index >= 15 is 0 Å². The van der Waals surface area contributed by atoms with Crippen LogP contribution in [0.1, 0.15) is 10.4 Å². The van der Waals surface area contributed by atoms with Gasteiger partial charge in [-0.1, -0.05) is 5.16 Å². The fraction of sp³-hybridized carbons (Fsp3) is 0.200. The molecule has 4 nitrogen and oxygen atoms in total. The number of halogens is 2. The van der Waals surface area contributed by atoms with Crippen molar-refractivity contribution in [2.45, 2.75) is 0 Å². The summed E-state index contributed by atoms with van der Waals surface area (Å²) >= 11 is 0. The first-order valence-corrected chi connectivity index (χ1v) is 4.55. The van der Waals surface area contributed by atoms with Gasteiger partial charge in [-0.25, -0.2) is 8.78 Å². The van der Waals surface area contributed by atoms with Crippen LogP contribution in [0.25, 0.3) is 11.0 Å². The second-order valence-electron chi connectivity index (χ2n) is 3.24. The van der Waals surface area contributed by atoms with Gasteiger partial charge in [0.2, 0.25) is 0 Å². The highest BCUT2D eigenvalue weighted by Crippen LogP contribution is 2.23. The van der Waals surface area contributed by atoms with E-state index in [0.717, 1.165) is 12.3 Å². The van der Waals surface area contributed by atoms with Gasteiger partial charge in [0.25, 0.3) is 0 Å². The van der Waals surface area contributed by atoms with Crippen LogP contribution in [0, 0.1) is 11.6 Å². The van der Waals surface area contributed by atoms with Crippen molar-refractivity contribution in [2.24, 2.45) is 0 Å². The maximum Gasteiger partial charge on any atom is 0.182 e. The van der Waals surface area contributed by atoms with Crippen molar-refractivity contribution in [3.63, 3.8) is 0 Å². The lowest BCUT2D eigenvalue weighted by Crippen LogP contribution is -2.20. The number of carbonyl (C=O) groups excluding carboxylic acids is 1. The Labute approximate surface area is 89.2 Å². The summed E-state index contributed by atoms with van der Waals surface area (Å²) in [5.74, 6) is -2.53. The fourth-order valence-corrected chi connectivity index (χ4v) is 1.45. The molecule has 0 spiro atoms. The van der Waals surface area contributed by atoms with Crippen LogP contribution in [0.3, 0.4) is 0 Å². The summed E-state index contributed by atoms with van der Waals surface area (Å²) in [6, 6.07) is 0.953. The van der Waals surface area contributed by atoms with Crippen LogP contribution in [0.15, 0.2) is 16.8 Å². The van der Waals surface area contributed by atoms with Crippen LogP contribution in [0.5, 0.6) is 0 Å². The van der Waals surface area contributed by atoms with Gasteiger partial charge in [-0.2, -0.15) is 0 Å². The monoisotopic (exact) mass is 226 g/mol. The lowest BCUT2D eigenvalue weighted by atomic mass is 10.1. The Kier molecular flexibility index (Phi) is 2.66. The van der Waals surface area contributed by atoms with Gasteiger partial charge in [0.15, 0.2) is 11.4 Å². The lowest BCUT2D eigenvalue weighted by molar-refractivity contribution is 0.0986. The minimum absolute atomic E-state index is 0.000790. The Morgan fingerprint density at radius 2 is 2.31 bits per heavy atom. The van der Waals surface area contributed by atoms with Gasteiger partial charge < -0.3 is 9.84 Å². The normalized spacial score (nSPS) is 10.9. The molecule has 1 aromatic carbocycles. The van der Waals surface area contributed by atoms with Crippen molar-refractivity contribution in [1.82, 2.24) is 10.5 Å². The molecule has 2 rings (SSSR count). The van der Waals surface area contributed by atoms with E-state index in [2.05, 4.69) is 15.0 Å². The molecule has 84 valence electrons. The quantitative estimate of drug-likeness (QED) is 0.806. The third kappa shape index (κ3) is 1.57. The number of Topliss-reactive ketones (excluding diaryl/α,β-unsaturated/α-hetero) is 1. The summed E-state index contributed by atoms with van der Waals surface area (Å²) in [7, 11) is 1.52. The van der Waals surface area contributed by atoms with Gasteiger partial charge in [-0.3, -0.25) is 4.79 Å². The topological polar surface area (TPSA) is 55.1 Å². The van der Waals surface area contributed by atoms with Crippen molar-refractivity contribution >= 4 is 16.8 Å². The van der Waals surface area contributed by atoms with E-state index in [1.54, 1.807) is 0 Å². The molecule has 0 saturated carbocycles. The number of likely N-dealkylation sites (N-methyl/N-ethyl adjacent to an activating group) is 1. The van der Waals surface area contributed by atoms with Crippen LogP contribution in [0.4, 0.5) is 8.78 Å². The number of nitrogens with zero attached hydrogens (tertiary/aromatic N) is 1.